The normalized spacial score (nSPS) is 17.1. The summed E-state index contributed by atoms with van der Waals surface area (Å²) in [5.74, 6) is -0.573. The number of cyclic esters (lactones) is 1. The zero-order valence-electron chi connectivity index (χ0n) is 12.1. The highest BCUT2D eigenvalue weighted by atomic mass is 35.5. The van der Waals surface area contributed by atoms with Crippen molar-refractivity contribution in [2.24, 2.45) is 5.92 Å². The van der Waals surface area contributed by atoms with Crippen LogP contribution in [0.15, 0.2) is 24.3 Å². The predicted molar refractivity (Wildman–Crippen MR) is 84.4 cm³/mol. The van der Waals surface area contributed by atoms with Crippen LogP contribution in [-0.4, -0.2) is 29.3 Å². The van der Waals surface area contributed by atoms with Gasteiger partial charge in [-0.25, -0.2) is 4.39 Å². The third kappa shape index (κ3) is 3.34. The van der Waals surface area contributed by atoms with Crippen molar-refractivity contribution in [3.63, 3.8) is 0 Å². The van der Waals surface area contributed by atoms with E-state index in [9.17, 15) is 9.18 Å². The number of nitrogens with two attached hydrogens (primary N) is 1. The van der Waals surface area contributed by atoms with Gasteiger partial charge in [0, 0.05) is 17.1 Å². The van der Waals surface area contributed by atoms with Gasteiger partial charge in [-0.1, -0.05) is 11.6 Å². The molecule has 23 heavy (non-hydrogen) atoms. The maximum Gasteiger partial charge on any atom is 0.310 e. The van der Waals surface area contributed by atoms with Gasteiger partial charge in [0.2, 0.25) is 0 Å². The molecular formula is C15H14ClFN4O2. The first-order valence-electron chi connectivity index (χ1n) is 7.03. The zero-order chi connectivity index (χ0) is 16.4. The van der Waals surface area contributed by atoms with Crippen LogP contribution < -0.4 is 11.1 Å². The Labute approximate surface area is 136 Å². The molecule has 0 amide bonds. The van der Waals surface area contributed by atoms with E-state index < -0.39 is 5.82 Å². The number of nitrogens with one attached hydrogen (secondary N) is 1. The van der Waals surface area contributed by atoms with Crippen molar-refractivity contribution in [1.82, 2.24) is 10.2 Å². The molecule has 2 aromatic rings. The molecule has 1 aliphatic heterocycles. The van der Waals surface area contributed by atoms with Crippen LogP contribution in [0.3, 0.4) is 0 Å². The third-order valence-electron chi connectivity index (χ3n) is 3.59. The maximum absolute atomic E-state index is 13.8. The largest absolute Gasteiger partial charge is 0.465 e. The van der Waals surface area contributed by atoms with Crippen LogP contribution >= 0.6 is 11.6 Å². The highest BCUT2D eigenvalue weighted by molar-refractivity contribution is 6.30. The van der Waals surface area contributed by atoms with Crippen molar-refractivity contribution in [2.45, 2.75) is 6.42 Å². The van der Waals surface area contributed by atoms with E-state index in [-0.39, 0.29) is 23.1 Å². The first-order chi connectivity index (χ1) is 11.0. The Morgan fingerprint density at radius 2 is 2.22 bits per heavy atom. The summed E-state index contributed by atoms with van der Waals surface area (Å²) in [4.78, 5) is 11.4. The highest BCUT2D eigenvalue weighted by Crippen LogP contribution is 2.27. The second kappa shape index (κ2) is 6.37. The smallest absolute Gasteiger partial charge is 0.310 e. The standard InChI is InChI=1S/C15H14ClFN4O2/c16-9-1-2-11(17)10(5-9)13-6-12(18)14(21-20-13)19-7-8-3-4-23-15(8)22/h1-2,5-6,8H,3-4,7H2,(H2,18,20)(H,19,21). The number of nitrogen functional groups attached to an aromatic ring is 1. The summed E-state index contributed by atoms with van der Waals surface area (Å²) in [6, 6.07) is 5.68. The number of halogens is 2. The Hall–Kier alpha value is -2.41. The summed E-state index contributed by atoms with van der Waals surface area (Å²) in [5.41, 5.74) is 6.75. The number of hydrogen-bond donors (Lipinski definition) is 2. The monoisotopic (exact) mass is 336 g/mol. The first-order valence-corrected chi connectivity index (χ1v) is 7.41. The molecule has 1 aliphatic rings. The predicted octanol–water partition coefficient (Wildman–Crippen LogP) is 2.49. The average molecular weight is 337 g/mol. The number of aromatic nitrogens is 2. The lowest BCUT2D eigenvalue weighted by Crippen LogP contribution is -2.20. The molecule has 3 N–H and O–H groups in total. The molecule has 8 heteroatoms. The van der Waals surface area contributed by atoms with E-state index in [0.717, 1.165) is 0 Å². The van der Waals surface area contributed by atoms with Gasteiger partial charge >= 0.3 is 5.97 Å². The summed E-state index contributed by atoms with van der Waals surface area (Å²) >= 11 is 5.87. The zero-order valence-corrected chi connectivity index (χ0v) is 12.8. The highest BCUT2D eigenvalue weighted by Gasteiger charge is 2.26. The molecule has 1 fully saturated rings. The lowest BCUT2D eigenvalue weighted by molar-refractivity contribution is -0.140. The lowest BCUT2D eigenvalue weighted by Gasteiger charge is -2.11. The molecule has 1 saturated heterocycles. The van der Waals surface area contributed by atoms with Crippen molar-refractivity contribution in [2.75, 3.05) is 24.2 Å². The van der Waals surface area contributed by atoms with Crippen molar-refractivity contribution in [1.29, 1.82) is 0 Å². The van der Waals surface area contributed by atoms with Gasteiger partial charge in [0.25, 0.3) is 0 Å². The van der Waals surface area contributed by atoms with Gasteiger partial charge in [-0.2, -0.15) is 0 Å². The van der Waals surface area contributed by atoms with E-state index in [0.29, 0.717) is 36.1 Å². The van der Waals surface area contributed by atoms with Crippen LogP contribution in [0, 0.1) is 11.7 Å². The fourth-order valence-corrected chi connectivity index (χ4v) is 2.48. The van der Waals surface area contributed by atoms with E-state index in [2.05, 4.69) is 15.5 Å². The number of rotatable bonds is 4. The van der Waals surface area contributed by atoms with Crippen LogP contribution in [0.5, 0.6) is 0 Å². The molecule has 1 aromatic carbocycles. The number of hydrogen-bond acceptors (Lipinski definition) is 6. The topological polar surface area (TPSA) is 90.1 Å². The van der Waals surface area contributed by atoms with Crippen LogP contribution in [0.25, 0.3) is 11.3 Å². The van der Waals surface area contributed by atoms with Crippen molar-refractivity contribution < 1.29 is 13.9 Å². The van der Waals surface area contributed by atoms with E-state index in [1.54, 1.807) is 0 Å². The number of esters is 1. The Kier molecular flexibility index (Phi) is 4.29. The Morgan fingerprint density at radius 1 is 1.39 bits per heavy atom. The van der Waals surface area contributed by atoms with Crippen LogP contribution in [-0.2, 0) is 9.53 Å². The summed E-state index contributed by atoms with van der Waals surface area (Å²) in [6.45, 7) is 0.794. The van der Waals surface area contributed by atoms with E-state index >= 15 is 0 Å². The Balaban J connectivity index is 1.78. The average Bonchev–Trinajstić information content (AvgIpc) is 2.94. The molecule has 0 bridgehead atoms. The first kappa shape index (κ1) is 15.5. The number of ether oxygens (including phenoxy) is 1. The van der Waals surface area contributed by atoms with Crippen LogP contribution in [0.4, 0.5) is 15.9 Å². The molecule has 0 radical (unpaired) electrons. The second-order valence-electron chi connectivity index (χ2n) is 5.19. The van der Waals surface area contributed by atoms with Gasteiger partial charge < -0.3 is 15.8 Å². The molecule has 1 unspecified atom stereocenters. The Morgan fingerprint density at radius 3 is 2.91 bits per heavy atom. The molecule has 0 spiro atoms. The van der Waals surface area contributed by atoms with E-state index in [1.807, 2.05) is 0 Å². The molecule has 2 heterocycles. The van der Waals surface area contributed by atoms with Crippen molar-refractivity contribution in [3.8, 4) is 11.3 Å². The van der Waals surface area contributed by atoms with Gasteiger partial charge in [-0.05, 0) is 30.7 Å². The molecule has 1 atom stereocenters. The maximum atomic E-state index is 13.8. The molecule has 6 nitrogen and oxygen atoms in total. The van der Waals surface area contributed by atoms with Crippen LogP contribution in [0.2, 0.25) is 5.02 Å². The van der Waals surface area contributed by atoms with Gasteiger partial charge in [-0.3, -0.25) is 4.79 Å². The molecule has 0 aliphatic carbocycles. The second-order valence-corrected chi connectivity index (χ2v) is 5.63. The van der Waals surface area contributed by atoms with Crippen molar-refractivity contribution >= 4 is 29.1 Å². The molecule has 3 rings (SSSR count). The van der Waals surface area contributed by atoms with E-state index in [4.69, 9.17) is 22.1 Å². The minimum absolute atomic E-state index is 0.221. The van der Waals surface area contributed by atoms with Gasteiger partial charge in [0.15, 0.2) is 5.82 Å². The minimum Gasteiger partial charge on any atom is -0.465 e. The fourth-order valence-electron chi connectivity index (χ4n) is 2.31. The summed E-state index contributed by atoms with van der Waals surface area (Å²) in [6.07, 6.45) is 0.658. The molecule has 0 saturated carbocycles. The number of carbonyl (C=O) groups is 1. The summed E-state index contributed by atoms with van der Waals surface area (Å²) in [5, 5.41) is 11.3. The summed E-state index contributed by atoms with van der Waals surface area (Å²) in [7, 11) is 0. The van der Waals surface area contributed by atoms with Gasteiger partial charge in [-0.15, -0.1) is 10.2 Å². The Bertz CT molecular complexity index is 756. The fraction of sp³-hybridized carbons (Fsp3) is 0.267. The van der Waals surface area contributed by atoms with Crippen LogP contribution in [0.1, 0.15) is 6.42 Å². The minimum atomic E-state index is -0.461. The number of carbonyl (C=O) groups excluding carboxylic acids is 1. The number of anilines is 2. The lowest BCUT2D eigenvalue weighted by atomic mass is 10.1. The molecule has 120 valence electrons. The molecule has 1 aromatic heterocycles. The number of benzene rings is 1. The number of nitrogens with zero attached hydrogens (tertiary/aromatic N) is 2. The van der Waals surface area contributed by atoms with Crippen molar-refractivity contribution in [3.05, 3.63) is 35.1 Å². The molecular weight excluding hydrogens is 323 g/mol. The van der Waals surface area contributed by atoms with Gasteiger partial charge in [0.1, 0.15) is 5.82 Å². The SMILES string of the molecule is Nc1cc(-c2cc(Cl)ccc2F)nnc1NCC1CCOC1=O. The third-order valence-corrected chi connectivity index (χ3v) is 3.82. The summed E-state index contributed by atoms with van der Waals surface area (Å²) < 4.78 is 18.7. The van der Waals surface area contributed by atoms with E-state index in [1.165, 1.54) is 24.3 Å². The van der Waals surface area contributed by atoms with Gasteiger partial charge in [0.05, 0.1) is 23.9 Å². The quantitative estimate of drug-likeness (QED) is 0.834.